The summed E-state index contributed by atoms with van der Waals surface area (Å²) in [4.78, 5) is 22.2. The zero-order chi connectivity index (χ0) is 11.1. The molecule has 2 unspecified atom stereocenters. The minimum absolute atomic E-state index is 0.0388. The molecule has 0 rings (SSSR count). The summed E-state index contributed by atoms with van der Waals surface area (Å²) in [5.41, 5.74) is 5.59. The molecule has 0 aromatic heterocycles. The van der Waals surface area contributed by atoms with Crippen LogP contribution in [-0.4, -0.2) is 18.0 Å². The van der Waals surface area contributed by atoms with Crippen molar-refractivity contribution in [2.45, 2.75) is 46.1 Å². The number of carbonyl (C=O) groups excluding carboxylic acids is 2. The Hall–Kier alpha value is -0.900. The molecule has 0 aliphatic heterocycles. The lowest BCUT2D eigenvalue weighted by molar-refractivity contribution is -0.161. The van der Waals surface area contributed by atoms with E-state index in [9.17, 15) is 9.59 Å². The van der Waals surface area contributed by atoms with E-state index in [1.54, 1.807) is 0 Å². The van der Waals surface area contributed by atoms with Crippen molar-refractivity contribution in [1.82, 2.24) is 0 Å². The van der Waals surface area contributed by atoms with Gasteiger partial charge in [0.1, 0.15) is 6.04 Å². The molecule has 0 aromatic carbocycles. The summed E-state index contributed by atoms with van der Waals surface area (Å²) >= 11 is 0. The van der Waals surface area contributed by atoms with E-state index in [2.05, 4.69) is 4.74 Å². The number of nitrogens with two attached hydrogens (primary N) is 1. The van der Waals surface area contributed by atoms with Gasteiger partial charge in [-0.15, -0.1) is 0 Å². The summed E-state index contributed by atoms with van der Waals surface area (Å²) in [6, 6.07) is -0.694. The normalized spacial score (nSPS) is 14.6. The molecule has 0 amide bonds. The highest BCUT2D eigenvalue weighted by molar-refractivity contribution is 5.88. The van der Waals surface area contributed by atoms with Crippen molar-refractivity contribution in [3.63, 3.8) is 0 Å². The van der Waals surface area contributed by atoms with Crippen molar-refractivity contribution >= 4 is 11.9 Å². The first-order chi connectivity index (χ1) is 6.52. The van der Waals surface area contributed by atoms with E-state index in [0.717, 1.165) is 6.42 Å². The molecule has 0 bridgehead atoms. The van der Waals surface area contributed by atoms with E-state index in [4.69, 9.17) is 5.73 Å². The van der Waals surface area contributed by atoms with E-state index < -0.39 is 18.0 Å². The quantitative estimate of drug-likeness (QED) is 0.536. The first kappa shape index (κ1) is 13.1. The molecular weight excluding hydrogens is 182 g/mol. The fourth-order valence-electron chi connectivity index (χ4n) is 0.922. The molecule has 0 heterocycles. The number of rotatable bonds is 5. The highest BCUT2D eigenvalue weighted by Crippen LogP contribution is 2.07. The molecule has 4 nitrogen and oxygen atoms in total. The molecule has 2 atom stereocenters. The summed E-state index contributed by atoms with van der Waals surface area (Å²) in [6.07, 6.45) is 1.72. The summed E-state index contributed by atoms with van der Waals surface area (Å²) in [5.74, 6) is -1.06. The molecule has 0 saturated heterocycles. The number of ether oxygens (including phenoxy) is 1. The molecule has 0 fully saturated rings. The topological polar surface area (TPSA) is 69.4 Å². The van der Waals surface area contributed by atoms with Crippen LogP contribution < -0.4 is 5.73 Å². The van der Waals surface area contributed by atoms with Gasteiger partial charge in [0.25, 0.3) is 0 Å². The molecule has 0 aromatic rings. The minimum atomic E-state index is -0.694. The van der Waals surface area contributed by atoms with E-state index >= 15 is 0 Å². The Morgan fingerprint density at radius 3 is 2.36 bits per heavy atom. The van der Waals surface area contributed by atoms with Gasteiger partial charge >= 0.3 is 11.9 Å². The lowest BCUT2D eigenvalue weighted by Gasteiger charge is -2.15. The molecule has 0 aliphatic carbocycles. The Morgan fingerprint density at radius 2 is 1.93 bits per heavy atom. The fourth-order valence-corrected chi connectivity index (χ4v) is 0.922. The minimum Gasteiger partial charge on any atom is -0.392 e. The molecular formula is C10H19NO3. The van der Waals surface area contributed by atoms with Crippen LogP contribution in [0.5, 0.6) is 0 Å². The predicted molar refractivity (Wildman–Crippen MR) is 53.4 cm³/mol. The fraction of sp³-hybridized carbons (Fsp3) is 0.800. The maximum absolute atomic E-state index is 11.3. The molecule has 4 heteroatoms. The molecule has 0 aliphatic rings. The van der Waals surface area contributed by atoms with E-state index in [0.29, 0.717) is 6.42 Å². The van der Waals surface area contributed by atoms with Crippen LogP contribution in [0.3, 0.4) is 0 Å². The third kappa shape index (κ3) is 4.37. The predicted octanol–water partition coefficient (Wildman–Crippen LogP) is 1.23. The molecule has 14 heavy (non-hydrogen) atoms. The summed E-state index contributed by atoms with van der Waals surface area (Å²) < 4.78 is 4.57. The van der Waals surface area contributed by atoms with E-state index in [1.807, 2.05) is 20.8 Å². The largest absolute Gasteiger partial charge is 0.392 e. The van der Waals surface area contributed by atoms with Gasteiger partial charge in [-0.2, -0.15) is 0 Å². The van der Waals surface area contributed by atoms with Gasteiger partial charge in [0.05, 0.1) is 0 Å². The number of hydrogen-bond acceptors (Lipinski definition) is 4. The highest BCUT2D eigenvalue weighted by Gasteiger charge is 2.22. The molecule has 0 saturated carbocycles. The van der Waals surface area contributed by atoms with Crippen molar-refractivity contribution in [3.8, 4) is 0 Å². The van der Waals surface area contributed by atoms with Crippen LogP contribution in [0.4, 0.5) is 0 Å². The second-order valence-electron chi connectivity index (χ2n) is 3.45. The van der Waals surface area contributed by atoms with Gasteiger partial charge in [-0.25, -0.2) is 4.79 Å². The van der Waals surface area contributed by atoms with Crippen LogP contribution >= 0.6 is 0 Å². The van der Waals surface area contributed by atoms with Crippen molar-refractivity contribution in [3.05, 3.63) is 0 Å². The van der Waals surface area contributed by atoms with Gasteiger partial charge in [0, 0.05) is 6.42 Å². The van der Waals surface area contributed by atoms with Crippen LogP contribution in [0.25, 0.3) is 0 Å². The van der Waals surface area contributed by atoms with E-state index in [-0.39, 0.29) is 12.3 Å². The average Bonchev–Trinajstić information content (AvgIpc) is 2.15. The lowest BCUT2D eigenvalue weighted by Crippen LogP contribution is -2.39. The number of hydrogen-bond donors (Lipinski definition) is 1. The molecule has 0 radical (unpaired) electrons. The van der Waals surface area contributed by atoms with Gasteiger partial charge in [0.2, 0.25) is 0 Å². The zero-order valence-electron chi connectivity index (χ0n) is 9.08. The van der Waals surface area contributed by atoms with Gasteiger partial charge < -0.3 is 10.5 Å². The molecule has 2 N–H and O–H groups in total. The summed E-state index contributed by atoms with van der Waals surface area (Å²) in [6.45, 7) is 5.64. The Kier molecular flexibility index (Phi) is 6.12. The van der Waals surface area contributed by atoms with Gasteiger partial charge in [-0.05, 0) is 12.3 Å². The van der Waals surface area contributed by atoms with Crippen molar-refractivity contribution in [2.75, 3.05) is 0 Å². The van der Waals surface area contributed by atoms with Crippen molar-refractivity contribution in [1.29, 1.82) is 0 Å². The van der Waals surface area contributed by atoms with Crippen molar-refractivity contribution < 1.29 is 14.3 Å². The van der Waals surface area contributed by atoms with Crippen LogP contribution in [0.1, 0.15) is 40.0 Å². The third-order valence-electron chi connectivity index (χ3n) is 2.20. The van der Waals surface area contributed by atoms with Crippen LogP contribution in [0.2, 0.25) is 0 Å². The average molecular weight is 201 g/mol. The molecule has 82 valence electrons. The van der Waals surface area contributed by atoms with Crippen LogP contribution in [0, 0.1) is 5.92 Å². The van der Waals surface area contributed by atoms with Crippen LogP contribution in [-0.2, 0) is 14.3 Å². The summed E-state index contributed by atoms with van der Waals surface area (Å²) in [5, 5.41) is 0. The zero-order valence-corrected chi connectivity index (χ0v) is 9.08. The maximum atomic E-state index is 11.3. The van der Waals surface area contributed by atoms with Gasteiger partial charge in [-0.1, -0.05) is 27.2 Å². The Balaban J connectivity index is 4.01. The highest BCUT2D eigenvalue weighted by atomic mass is 16.6. The Labute approximate surface area is 84.8 Å². The Bertz CT molecular complexity index is 204. The monoisotopic (exact) mass is 201 g/mol. The first-order valence-electron chi connectivity index (χ1n) is 5.03. The third-order valence-corrected chi connectivity index (χ3v) is 2.20. The SMILES string of the molecule is CCCC(=O)OC(=O)C(N)C(C)CC. The van der Waals surface area contributed by atoms with Gasteiger partial charge in [-0.3, -0.25) is 4.79 Å². The molecule has 0 spiro atoms. The Morgan fingerprint density at radius 1 is 1.36 bits per heavy atom. The lowest BCUT2D eigenvalue weighted by atomic mass is 10.0. The van der Waals surface area contributed by atoms with E-state index in [1.165, 1.54) is 0 Å². The number of esters is 2. The standard InChI is InChI=1S/C10H19NO3/c1-4-6-8(12)14-10(13)9(11)7(3)5-2/h7,9H,4-6,11H2,1-3H3. The second kappa shape index (κ2) is 6.54. The summed E-state index contributed by atoms with van der Waals surface area (Å²) in [7, 11) is 0. The van der Waals surface area contributed by atoms with Crippen molar-refractivity contribution in [2.24, 2.45) is 11.7 Å². The smallest absolute Gasteiger partial charge is 0.330 e. The van der Waals surface area contributed by atoms with Crippen LogP contribution in [0.15, 0.2) is 0 Å². The van der Waals surface area contributed by atoms with Gasteiger partial charge in [0.15, 0.2) is 0 Å². The first-order valence-corrected chi connectivity index (χ1v) is 5.03. The second-order valence-corrected chi connectivity index (χ2v) is 3.45. The number of carbonyl (C=O) groups is 2. The maximum Gasteiger partial charge on any atom is 0.330 e.